The average molecular weight is 285 g/mol. The molecule has 1 aromatic rings. The van der Waals surface area contributed by atoms with Crippen LogP contribution in [0.15, 0.2) is 29.2 Å². The molecule has 5 rings (SSSR count). The van der Waals surface area contributed by atoms with Crippen LogP contribution in [0.2, 0.25) is 0 Å². The summed E-state index contributed by atoms with van der Waals surface area (Å²) in [6.07, 6.45) is 7.58. The van der Waals surface area contributed by atoms with Crippen molar-refractivity contribution in [2.75, 3.05) is 5.75 Å². The van der Waals surface area contributed by atoms with E-state index in [0.717, 1.165) is 29.7 Å². The molecule has 1 heterocycles. The van der Waals surface area contributed by atoms with Gasteiger partial charge in [-0.2, -0.15) is 0 Å². The highest BCUT2D eigenvalue weighted by Crippen LogP contribution is 2.59. The van der Waals surface area contributed by atoms with E-state index in [0.29, 0.717) is 6.04 Å². The van der Waals surface area contributed by atoms with Gasteiger partial charge in [-0.3, -0.25) is 0 Å². The first kappa shape index (κ1) is 12.1. The summed E-state index contributed by atoms with van der Waals surface area (Å²) in [4.78, 5) is 1.51. The Morgan fingerprint density at radius 2 is 1.90 bits per heavy atom. The van der Waals surface area contributed by atoms with Crippen molar-refractivity contribution < 1.29 is 0 Å². The van der Waals surface area contributed by atoms with E-state index < -0.39 is 0 Å². The molecule has 1 N–H and O–H groups in total. The first-order valence-electron chi connectivity index (χ1n) is 8.38. The molecule has 20 heavy (non-hydrogen) atoms. The van der Waals surface area contributed by atoms with Crippen molar-refractivity contribution in [2.45, 2.75) is 49.1 Å². The van der Waals surface area contributed by atoms with E-state index in [9.17, 15) is 0 Å². The van der Waals surface area contributed by atoms with Gasteiger partial charge in [0.2, 0.25) is 0 Å². The summed E-state index contributed by atoms with van der Waals surface area (Å²) in [7, 11) is 0. The molecule has 0 aromatic heterocycles. The lowest BCUT2D eigenvalue weighted by Crippen LogP contribution is -2.41. The van der Waals surface area contributed by atoms with Crippen LogP contribution in [0.4, 0.5) is 0 Å². The maximum Gasteiger partial charge on any atom is 0.0428 e. The number of thioether (sulfide) groups is 1. The summed E-state index contributed by atoms with van der Waals surface area (Å²) in [5.74, 6) is 5.50. The minimum Gasteiger partial charge on any atom is -0.306 e. The molecule has 2 bridgehead atoms. The summed E-state index contributed by atoms with van der Waals surface area (Å²) in [5, 5.41) is 4.06. The summed E-state index contributed by atoms with van der Waals surface area (Å²) in [6.45, 7) is 0. The van der Waals surface area contributed by atoms with Crippen LogP contribution in [0.3, 0.4) is 0 Å². The number of hydrogen-bond acceptors (Lipinski definition) is 2. The van der Waals surface area contributed by atoms with Gasteiger partial charge in [-0.15, -0.1) is 11.8 Å². The Kier molecular flexibility index (Phi) is 2.73. The van der Waals surface area contributed by atoms with Gasteiger partial charge in [-0.05, 0) is 61.0 Å². The lowest BCUT2D eigenvalue weighted by Gasteiger charge is -2.34. The fourth-order valence-electron chi connectivity index (χ4n) is 5.82. The first-order chi connectivity index (χ1) is 9.90. The van der Waals surface area contributed by atoms with E-state index in [1.165, 1.54) is 36.3 Å². The number of fused-ring (bicyclic) bond motifs is 6. The standard InChI is InChI=1S/C18H23NS/c1-2-7-18-14(4-1)17(10-20-18)19-16-9-11-8-15(16)13-6-3-5-12(11)13/h1-2,4,7,11-13,15-17,19H,3,5-6,8-10H2. The van der Waals surface area contributed by atoms with Crippen LogP contribution < -0.4 is 5.32 Å². The van der Waals surface area contributed by atoms with Gasteiger partial charge in [0.15, 0.2) is 0 Å². The Morgan fingerprint density at radius 3 is 2.90 bits per heavy atom. The quantitative estimate of drug-likeness (QED) is 0.872. The topological polar surface area (TPSA) is 12.0 Å². The Balaban J connectivity index is 1.34. The molecule has 3 saturated carbocycles. The molecule has 106 valence electrons. The Morgan fingerprint density at radius 1 is 1.00 bits per heavy atom. The van der Waals surface area contributed by atoms with E-state index in [-0.39, 0.29) is 0 Å². The van der Waals surface area contributed by atoms with E-state index >= 15 is 0 Å². The van der Waals surface area contributed by atoms with Crippen LogP contribution in [0.1, 0.15) is 43.7 Å². The zero-order valence-corrected chi connectivity index (χ0v) is 12.7. The maximum absolute atomic E-state index is 4.06. The zero-order valence-electron chi connectivity index (χ0n) is 11.9. The summed E-state index contributed by atoms with van der Waals surface area (Å²) in [5.41, 5.74) is 1.56. The van der Waals surface area contributed by atoms with E-state index in [4.69, 9.17) is 0 Å². The summed E-state index contributed by atoms with van der Waals surface area (Å²) in [6, 6.07) is 10.4. The molecule has 3 aliphatic carbocycles. The third-order valence-corrected chi connectivity index (χ3v) is 7.73. The molecule has 0 saturated heterocycles. The third-order valence-electron chi connectivity index (χ3n) is 6.54. The van der Waals surface area contributed by atoms with Crippen LogP contribution in [0.25, 0.3) is 0 Å². The van der Waals surface area contributed by atoms with Crippen molar-refractivity contribution in [2.24, 2.45) is 23.7 Å². The average Bonchev–Trinajstić information content (AvgIpc) is 3.19. The second-order valence-corrected chi connectivity index (χ2v) is 8.39. The molecule has 6 atom stereocenters. The third kappa shape index (κ3) is 1.67. The largest absolute Gasteiger partial charge is 0.306 e. The van der Waals surface area contributed by atoms with Gasteiger partial charge in [-0.25, -0.2) is 0 Å². The zero-order chi connectivity index (χ0) is 13.1. The van der Waals surface area contributed by atoms with Gasteiger partial charge < -0.3 is 5.32 Å². The Hall–Kier alpha value is -0.470. The molecular weight excluding hydrogens is 262 g/mol. The lowest BCUT2D eigenvalue weighted by atomic mass is 9.79. The molecular formula is C18H23NS. The lowest BCUT2D eigenvalue weighted by molar-refractivity contribution is 0.201. The normalized spacial score (nSPS) is 44.8. The maximum atomic E-state index is 4.06. The Labute approximate surface area is 125 Å². The fourth-order valence-corrected chi connectivity index (χ4v) is 6.99. The van der Waals surface area contributed by atoms with Crippen LogP contribution in [-0.4, -0.2) is 11.8 Å². The second-order valence-electron chi connectivity index (χ2n) is 7.33. The first-order valence-corrected chi connectivity index (χ1v) is 9.36. The van der Waals surface area contributed by atoms with Crippen molar-refractivity contribution in [3.05, 3.63) is 29.8 Å². The van der Waals surface area contributed by atoms with Gasteiger partial charge in [0.05, 0.1) is 0 Å². The van der Waals surface area contributed by atoms with Gasteiger partial charge in [-0.1, -0.05) is 24.6 Å². The van der Waals surface area contributed by atoms with Crippen molar-refractivity contribution in [3.63, 3.8) is 0 Å². The van der Waals surface area contributed by atoms with Crippen LogP contribution >= 0.6 is 11.8 Å². The summed E-state index contributed by atoms with van der Waals surface area (Å²) >= 11 is 2.04. The molecule has 0 spiro atoms. The monoisotopic (exact) mass is 285 g/mol. The van der Waals surface area contributed by atoms with Crippen LogP contribution in [0.5, 0.6) is 0 Å². The molecule has 6 unspecified atom stereocenters. The highest BCUT2D eigenvalue weighted by Gasteiger charge is 2.54. The highest BCUT2D eigenvalue weighted by atomic mass is 32.2. The minimum absolute atomic E-state index is 0.611. The number of nitrogens with one attached hydrogen (secondary N) is 1. The SMILES string of the molecule is c1ccc2c(c1)SCC2NC1CC2CC1C1CCCC21. The molecule has 0 amide bonds. The second kappa shape index (κ2) is 4.51. The molecule has 4 aliphatic rings. The number of hydrogen-bond donors (Lipinski definition) is 1. The van der Waals surface area contributed by atoms with Crippen molar-refractivity contribution in [3.8, 4) is 0 Å². The van der Waals surface area contributed by atoms with Gasteiger partial charge in [0.25, 0.3) is 0 Å². The van der Waals surface area contributed by atoms with Crippen molar-refractivity contribution >= 4 is 11.8 Å². The molecule has 3 fully saturated rings. The van der Waals surface area contributed by atoms with Crippen LogP contribution in [-0.2, 0) is 0 Å². The van der Waals surface area contributed by atoms with Gasteiger partial charge >= 0.3 is 0 Å². The molecule has 1 aliphatic heterocycles. The molecule has 2 heteroatoms. The summed E-state index contributed by atoms with van der Waals surface area (Å²) < 4.78 is 0. The fraction of sp³-hybridized carbons (Fsp3) is 0.667. The van der Waals surface area contributed by atoms with E-state index in [2.05, 4.69) is 29.6 Å². The van der Waals surface area contributed by atoms with Crippen molar-refractivity contribution in [1.29, 1.82) is 0 Å². The van der Waals surface area contributed by atoms with Gasteiger partial charge in [0, 0.05) is 22.7 Å². The minimum atomic E-state index is 0.611. The Bertz CT molecular complexity index is 528. The highest BCUT2D eigenvalue weighted by molar-refractivity contribution is 7.99. The van der Waals surface area contributed by atoms with E-state index in [1.807, 2.05) is 11.8 Å². The van der Waals surface area contributed by atoms with Gasteiger partial charge in [0.1, 0.15) is 0 Å². The van der Waals surface area contributed by atoms with Crippen molar-refractivity contribution in [1.82, 2.24) is 5.32 Å². The van der Waals surface area contributed by atoms with E-state index in [1.54, 1.807) is 12.0 Å². The molecule has 1 aromatic carbocycles. The predicted molar refractivity (Wildman–Crippen MR) is 83.9 cm³/mol. The molecule has 1 nitrogen and oxygen atoms in total. The number of rotatable bonds is 2. The molecule has 0 radical (unpaired) electrons. The smallest absolute Gasteiger partial charge is 0.0428 e. The predicted octanol–water partition coefficient (Wildman–Crippen LogP) is 4.25. The number of benzene rings is 1. The van der Waals surface area contributed by atoms with Crippen LogP contribution in [0, 0.1) is 23.7 Å².